The lowest BCUT2D eigenvalue weighted by Gasteiger charge is -2.27. The SMILES string of the molecule is NC1Cc2cc(OC(F)(F)F)ccc2N(O)C1=O. The zero-order valence-corrected chi connectivity index (χ0v) is 8.94. The van der Waals surface area contributed by atoms with Crippen LogP contribution in [0, 0.1) is 0 Å². The average Bonchev–Trinajstić information content (AvgIpc) is 2.23. The summed E-state index contributed by atoms with van der Waals surface area (Å²) >= 11 is 0. The third-order valence-corrected chi connectivity index (χ3v) is 2.48. The van der Waals surface area contributed by atoms with Gasteiger partial charge < -0.3 is 10.5 Å². The summed E-state index contributed by atoms with van der Waals surface area (Å²) in [4.78, 5) is 11.3. The fourth-order valence-corrected chi connectivity index (χ4v) is 1.73. The van der Waals surface area contributed by atoms with Gasteiger partial charge in [-0.1, -0.05) is 0 Å². The van der Waals surface area contributed by atoms with Gasteiger partial charge in [-0.25, -0.2) is 0 Å². The number of hydrogen-bond donors (Lipinski definition) is 2. The van der Waals surface area contributed by atoms with Crippen molar-refractivity contribution >= 4 is 11.6 Å². The first-order valence-corrected chi connectivity index (χ1v) is 4.95. The van der Waals surface area contributed by atoms with Crippen LogP contribution < -0.4 is 15.5 Å². The van der Waals surface area contributed by atoms with Gasteiger partial charge in [-0.05, 0) is 30.2 Å². The molecule has 1 aromatic rings. The molecule has 8 heteroatoms. The summed E-state index contributed by atoms with van der Waals surface area (Å²) in [5.74, 6) is -1.12. The number of ether oxygens (including phenoxy) is 1. The molecule has 0 saturated carbocycles. The lowest BCUT2D eigenvalue weighted by Crippen LogP contribution is -2.47. The molecule has 0 bridgehead atoms. The molecule has 1 atom stereocenters. The van der Waals surface area contributed by atoms with E-state index in [-0.39, 0.29) is 12.1 Å². The summed E-state index contributed by atoms with van der Waals surface area (Å²) in [6.45, 7) is 0. The predicted octanol–water partition coefficient (Wildman–Crippen LogP) is 1.19. The molecule has 1 amide bonds. The van der Waals surface area contributed by atoms with E-state index in [2.05, 4.69) is 4.74 Å². The van der Waals surface area contributed by atoms with Crippen molar-refractivity contribution in [2.45, 2.75) is 18.8 Å². The molecular weight excluding hydrogens is 253 g/mol. The van der Waals surface area contributed by atoms with Gasteiger partial charge in [-0.15, -0.1) is 13.2 Å². The van der Waals surface area contributed by atoms with E-state index in [0.29, 0.717) is 10.6 Å². The Morgan fingerprint density at radius 2 is 2.11 bits per heavy atom. The summed E-state index contributed by atoms with van der Waals surface area (Å²) < 4.78 is 39.8. The lowest BCUT2D eigenvalue weighted by atomic mass is 9.99. The van der Waals surface area contributed by atoms with Crippen LogP contribution in [0.5, 0.6) is 5.75 Å². The molecule has 2 rings (SSSR count). The summed E-state index contributed by atoms with van der Waals surface area (Å²) in [6.07, 6.45) is -4.75. The number of fused-ring (bicyclic) bond motifs is 1. The Bertz CT molecular complexity index is 490. The first kappa shape index (κ1) is 12.7. The molecule has 98 valence electrons. The largest absolute Gasteiger partial charge is 0.573 e. The van der Waals surface area contributed by atoms with E-state index in [1.54, 1.807) is 0 Å². The van der Waals surface area contributed by atoms with E-state index in [1.165, 1.54) is 6.07 Å². The summed E-state index contributed by atoms with van der Waals surface area (Å²) in [7, 11) is 0. The van der Waals surface area contributed by atoms with Gasteiger partial charge in [-0.3, -0.25) is 10.0 Å². The van der Waals surface area contributed by atoms with E-state index >= 15 is 0 Å². The van der Waals surface area contributed by atoms with Crippen molar-refractivity contribution in [1.82, 2.24) is 0 Å². The second kappa shape index (κ2) is 4.14. The Balaban J connectivity index is 2.33. The molecule has 0 radical (unpaired) electrons. The Morgan fingerprint density at radius 3 is 2.72 bits per heavy atom. The molecule has 3 N–H and O–H groups in total. The topological polar surface area (TPSA) is 75.8 Å². The molecule has 0 aliphatic carbocycles. The zero-order chi connectivity index (χ0) is 13.5. The highest BCUT2D eigenvalue weighted by atomic mass is 19.4. The first-order valence-electron chi connectivity index (χ1n) is 4.95. The van der Waals surface area contributed by atoms with Crippen LogP contribution in [-0.2, 0) is 11.2 Å². The summed E-state index contributed by atoms with van der Waals surface area (Å²) in [6, 6.07) is 2.29. The quantitative estimate of drug-likeness (QED) is 0.745. The molecule has 1 unspecified atom stereocenters. The minimum absolute atomic E-state index is 0.0419. The van der Waals surface area contributed by atoms with Crippen LogP contribution >= 0.6 is 0 Å². The number of hydroxylamine groups is 1. The molecule has 1 aliphatic rings. The van der Waals surface area contributed by atoms with E-state index in [9.17, 15) is 23.2 Å². The molecule has 0 aromatic heterocycles. The van der Waals surface area contributed by atoms with E-state index in [0.717, 1.165) is 12.1 Å². The predicted molar refractivity (Wildman–Crippen MR) is 54.1 cm³/mol. The number of rotatable bonds is 1. The molecule has 0 fully saturated rings. The van der Waals surface area contributed by atoms with Crippen LogP contribution in [0.25, 0.3) is 0 Å². The molecule has 1 heterocycles. The summed E-state index contributed by atoms with van der Waals surface area (Å²) in [5.41, 5.74) is 5.87. The fourth-order valence-electron chi connectivity index (χ4n) is 1.73. The van der Waals surface area contributed by atoms with Crippen LogP contribution in [0.3, 0.4) is 0 Å². The maximum Gasteiger partial charge on any atom is 0.573 e. The van der Waals surface area contributed by atoms with Gasteiger partial charge in [0.1, 0.15) is 5.75 Å². The van der Waals surface area contributed by atoms with Gasteiger partial charge in [-0.2, -0.15) is 5.06 Å². The lowest BCUT2D eigenvalue weighted by molar-refractivity contribution is -0.274. The third kappa shape index (κ3) is 2.39. The van der Waals surface area contributed by atoms with Crippen LogP contribution in [-0.4, -0.2) is 23.5 Å². The number of carbonyl (C=O) groups is 1. The number of carbonyl (C=O) groups excluding carboxylic acids is 1. The van der Waals surface area contributed by atoms with Crippen LogP contribution in [0.15, 0.2) is 18.2 Å². The monoisotopic (exact) mass is 262 g/mol. The second-order valence-corrected chi connectivity index (χ2v) is 3.80. The highest BCUT2D eigenvalue weighted by molar-refractivity contribution is 5.98. The maximum atomic E-state index is 12.0. The standard InChI is InChI=1S/C10H9F3N2O3/c11-10(12,13)18-6-1-2-8-5(3-6)4-7(14)9(16)15(8)17/h1-3,7,17H,4,14H2. The number of anilines is 1. The third-order valence-electron chi connectivity index (χ3n) is 2.48. The number of nitrogens with two attached hydrogens (primary N) is 1. The number of halogens is 3. The van der Waals surface area contributed by atoms with E-state index in [4.69, 9.17) is 5.73 Å². The Labute approximate surface area is 99.5 Å². The van der Waals surface area contributed by atoms with Crippen molar-refractivity contribution < 1.29 is 27.9 Å². The first-order chi connectivity index (χ1) is 8.28. The van der Waals surface area contributed by atoms with Crippen molar-refractivity contribution in [3.05, 3.63) is 23.8 Å². The molecule has 0 spiro atoms. The molecule has 1 aliphatic heterocycles. The summed E-state index contributed by atoms with van der Waals surface area (Å²) in [5, 5.41) is 9.80. The number of benzene rings is 1. The molecule has 0 saturated heterocycles. The Hall–Kier alpha value is -1.80. The number of nitrogens with zero attached hydrogens (tertiary/aromatic N) is 1. The zero-order valence-electron chi connectivity index (χ0n) is 8.94. The Kier molecular flexibility index (Phi) is 2.91. The molecule has 5 nitrogen and oxygen atoms in total. The molecule has 18 heavy (non-hydrogen) atoms. The average molecular weight is 262 g/mol. The molecule has 1 aromatic carbocycles. The Morgan fingerprint density at radius 1 is 1.44 bits per heavy atom. The number of hydrogen-bond acceptors (Lipinski definition) is 4. The van der Waals surface area contributed by atoms with E-state index < -0.39 is 24.1 Å². The molecular formula is C10H9F3N2O3. The van der Waals surface area contributed by atoms with Crippen molar-refractivity contribution in [3.63, 3.8) is 0 Å². The fraction of sp³-hybridized carbons (Fsp3) is 0.300. The van der Waals surface area contributed by atoms with Gasteiger partial charge in [0.05, 0.1) is 11.7 Å². The number of amides is 1. The van der Waals surface area contributed by atoms with Crippen LogP contribution in [0.4, 0.5) is 18.9 Å². The van der Waals surface area contributed by atoms with Gasteiger partial charge in [0.25, 0.3) is 5.91 Å². The van der Waals surface area contributed by atoms with Gasteiger partial charge in [0.2, 0.25) is 0 Å². The van der Waals surface area contributed by atoms with Gasteiger partial charge in [0.15, 0.2) is 0 Å². The van der Waals surface area contributed by atoms with Crippen LogP contribution in [0.2, 0.25) is 0 Å². The van der Waals surface area contributed by atoms with Crippen LogP contribution in [0.1, 0.15) is 5.56 Å². The van der Waals surface area contributed by atoms with E-state index in [1.807, 2.05) is 0 Å². The van der Waals surface area contributed by atoms with Gasteiger partial charge >= 0.3 is 6.36 Å². The highest BCUT2D eigenvalue weighted by Crippen LogP contribution is 2.31. The van der Waals surface area contributed by atoms with Crippen molar-refractivity contribution in [1.29, 1.82) is 0 Å². The number of alkyl halides is 3. The minimum atomic E-state index is -4.79. The highest BCUT2D eigenvalue weighted by Gasteiger charge is 2.33. The normalized spacial score (nSPS) is 19.7. The second-order valence-electron chi connectivity index (χ2n) is 3.80. The smallest absolute Gasteiger partial charge is 0.406 e. The van der Waals surface area contributed by atoms with Crippen molar-refractivity contribution in [2.75, 3.05) is 5.06 Å². The minimum Gasteiger partial charge on any atom is -0.406 e. The van der Waals surface area contributed by atoms with Crippen molar-refractivity contribution in [3.8, 4) is 5.75 Å². The van der Waals surface area contributed by atoms with Gasteiger partial charge in [0, 0.05) is 0 Å². The van der Waals surface area contributed by atoms with Crippen molar-refractivity contribution in [2.24, 2.45) is 5.73 Å². The maximum absolute atomic E-state index is 12.0.